The Bertz CT molecular complexity index is 541. The number of aromatic nitrogens is 1. The first-order chi connectivity index (χ1) is 9.36. The van der Waals surface area contributed by atoms with Gasteiger partial charge in [0.15, 0.2) is 0 Å². The summed E-state index contributed by atoms with van der Waals surface area (Å²) in [4.78, 5) is 31.7. The lowest BCUT2D eigenvalue weighted by atomic mass is 10.0. The Morgan fingerprint density at radius 3 is 2.55 bits per heavy atom. The molecule has 1 aliphatic rings. The van der Waals surface area contributed by atoms with Crippen LogP contribution >= 0.6 is 11.3 Å². The highest BCUT2D eigenvalue weighted by atomic mass is 32.1. The lowest BCUT2D eigenvalue weighted by molar-refractivity contribution is -0.151. The molecule has 1 aliphatic heterocycles. The summed E-state index contributed by atoms with van der Waals surface area (Å²) in [6.45, 7) is 9.56. The molecular weight excluding hydrogens is 274 g/mol. The molecule has 3 unspecified atom stereocenters. The smallest absolute Gasteiger partial charge is 0.246 e. The molecule has 20 heavy (non-hydrogen) atoms. The van der Waals surface area contributed by atoms with Crippen molar-refractivity contribution in [1.82, 2.24) is 15.2 Å². The van der Waals surface area contributed by atoms with Gasteiger partial charge in [-0.15, -0.1) is 11.3 Å². The normalized spacial score (nSPS) is 24.8. The van der Waals surface area contributed by atoms with Gasteiger partial charge in [0.2, 0.25) is 11.8 Å². The molecule has 110 valence electrons. The van der Waals surface area contributed by atoms with E-state index in [0.717, 1.165) is 15.6 Å². The van der Waals surface area contributed by atoms with Crippen LogP contribution in [-0.2, 0) is 9.59 Å². The monoisotopic (exact) mass is 295 g/mol. The Kier molecular flexibility index (Phi) is 4.13. The Balaban J connectivity index is 2.35. The second-order valence-corrected chi connectivity index (χ2v) is 6.48. The first-order valence-corrected chi connectivity index (χ1v) is 7.74. The topological polar surface area (TPSA) is 62.3 Å². The molecular formula is C14H21N3O2S. The number of nitrogens with zero attached hydrogens (tertiary/aromatic N) is 2. The Hall–Kier alpha value is -1.43. The minimum atomic E-state index is -0.442. The zero-order valence-electron chi connectivity index (χ0n) is 12.6. The van der Waals surface area contributed by atoms with Crippen molar-refractivity contribution in [2.24, 2.45) is 0 Å². The van der Waals surface area contributed by atoms with Crippen LogP contribution in [-0.4, -0.2) is 33.8 Å². The van der Waals surface area contributed by atoms with Crippen LogP contribution in [0.25, 0.3) is 0 Å². The fraction of sp³-hybridized carbons (Fsp3) is 0.643. The number of nitrogens with one attached hydrogen (secondary N) is 1. The van der Waals surface area contributed by atoms with Gasteiger partial charge in [0.1, 0.15) is 12.1 Å². The molecule has 5 nitrogen and oxygen atoms in total. The van der Waals surface area contributed by atoms with Crippen molar-refractivity contribution in [3.8, 4) is 0 Å². The molecule has 2 heterocycles. The number of hydrogen-bond donors (Lipinski definition) is 1. The molecule has 1 saturated heterocycles. The number of piperazine rings is 1. The SMILES string of the molecule is CCC1NC(=O)C(C)N(C(C)c2sc(C)nc2C)C1=O. The summed E-state index contributed by atoms with van der Waals surface area (Å²) in [5, 5.41) is 3.76. The maximum Gasteiger partial charge on any atom is 0.246 e. The number of hydrogen-bond acceptors (Lipinski definition) is 4. The van der Waals surface area contributed by atoms with Crippen LogP contribution in [0.4, 0.5) is 0 Å². The summed E-state index contributed by atoms with van der Waals surface area (Å²) in [7, 11) is 0. The number of aryl methyl sites for hydroxylation is 2. The van der Waals surface area contributed by atoms with Gasteiger partial charge in [-0.25, -0.2) is 4.98 Å². The minimum absolute atomic E-state index is 0.00227. The molecule has 0 aromatic carbocycles. The van der Waals surface area contributed by atoms with E-state index in [0.29, 0.717) is 6.42 Å². The summed E-state index contributed by atoms with van der Waals surface area (Å²) in [6.07, 6.45) is 0.612. The highest BCUT2D eigenvalue weighted by Gasteiger charge is 2.40. The standard InChI is InChI=1S/C14H21N3O2S/c1-6-11-14(19)17(9(4)13(18)16-11)8(3)12-7(2)15-10(5)20-12/h8-9,11H,6H2,1-5H3,(H,16,18). The second kappa shape index (κ2) is 5.52. The van der Waals surface area contributed by atoms with Crippen molar-refractivity contribution in [3.05, 3.63) is 15.6 Å². The maximum atomic E-state index is 12.5. The molecule has 0 saturated carbocycles. The molecule has 1 aromatic heterocycles. The second-order valence-electron chi connectivity index (χ2n) is 5.25. The number of thiazole rings is 1. The van der Waals surface area contributed by atoms with Gasteiger partial charge in [-0.1, -0.05) is 6.92 Å². The Morgan fingerprint density at radius 1 is 1.40 bits per heavy atom. The third kappa shape index (κ3) is 2.44. The van der Waals surface area contributed by atoms with E-state index >= 15 is 0 Å². The number of carbonyl (C=O) groups excluding carboxylic acids is 2. The van der Waals surface area contributed by atoms with Gasteiger partial charge in [0.25, 0.3) is 0 Å². The highest BCUT2D eigenvalue weighted by Crippen LogP contribution is 2.32. The van der Waals surface area contributed by atoms with E-state index in [9.17, 15) is 9.59 Å². The van der Waals surface area contributed by atoms with E-state index < -0.39 is 12.1 Å². The quantitative estimate of drug-likeness (QED) is 0.927. The molecule has 2 amide bonds. The molecule has 0 bridgehead atoms. The van der Waals surface area contributed by atoms with Crippen molar-refractivity contribution in [2.45, 2.75) is 59.2 Å². The van der Waals surface area contributed by atoms with Crippen LogP contribution in [0.15, 0.2) is 0 Å². The van der Waals surface area contributed by atoms with Crippen LogP contribution in [0.1, 0.15) is 48.8 Å². The van der Waals surface area contributed by atoms with Gasteiger partial charge in [0, 0.05) is 4.88 Å². The molecule has 0 aliphatic carbocycles. The molecule has 1 aromatic rings. The van der Waals surface area contributed by atoms with Crippen LogP contribution < -0.4 is 5.32 Å². The van der Waals surface area contributed by atoms with Crippen molar-refractivity contribution in [3.63, 3.8) is 0 Å². The maximum absolute atomic E-state index is 12.5. The summed E-state index contributed by atoms with van der Waals surface area (Å²) in [5.41, 5.74) is 0.944. The van der Waals surface area contributed by atoms with Crippen molar-refractivity contribution in [1.29, 1.82) is 0 Å². The van der Waals surface area contributed by atoms with Gasteiger partial charge < -0.3 is 10.2 Å². The lowest BCUT2D eigenvalue weighted by Gasteiger charge is -2.40. The number of amides is 2. The summed E-state index contributed by atoms with van der Waals surface area (Å²) >= 11 is 1.59. The lowest BCUT2D eigenvalue weighted by Crippen LogP contribution is -2.62. The predicted octanol–water partition coefficient (Wildman–Crippen LogP) is 1.95. The van der Waals surface area contributed by atoms with E-state index in [1.165, 1.54) is 0 Å². The van der Waals surface area contributed by atoms with E-state index in [1.54, 1.807) is 23.2 Å². The average molecular weight is 295 g/mol. The zero-order valence-corrected chi connectivity index (χ0v) is 13.4. The number of rotatable bonds is 3. The number of carbonyl (C=O) groups is 2. The largest absolute Gasteiger partial charge is 0.343 e. The Morgan fingerprint density at radius 2 is 2.05 bits per heavy atom. The minimum Gasteiger partial charge on any atom is -0.343 e. The van der Waals surface area contributed by atoms with Gasteiger partial charge in [-0.3, -0.25) is 9.59 Å². The van der Waals surface area contributed by atoms with Crippen molar-refractivity contribution >= 4 is 23.2 Å². The zero-order chi connectivity index (χ0) is 15.0. The van der Waals surface area contributed by atoms with Crippen molar-refractivity contribution < 1.29 is 9.59 Å². The first kappa shape index (κ1) is 15.0. The predicted molar refractivity (Wildman–Crippen MR) is 78.5 cm³/mol. The molecule has 0 radical (unpaired) electrons. The highest BCUT2D eigenvalue weighted by molar-refractivity contribution is 7.11. The van der Waals surface area contributed by atoms with Crippen LogP contribution in [0.5, 0.6) is 0 Å². The van der Waals surface area contributed by atoms with Crippen LogP contribution in [0, 0.1) is 13.8 Å². The van der Waals surface area contributed by atoms with Crippen LogP contribution in [0.3, 0.4) is 0 Å². The van der Waals surface area contributed by atoms with Crippen molar-refractivity contribution in [2.75, 3.05) is 0 Å². The average Bonchev–Trinajstić information content (AvgIpc) is 2.73. The third-order valence-corrected chi connectivity index (χ3v) is 5.05. The van der Waals surface area contributed by atoms with Gasteiger partial charge in [-0.05, 0) is 34.1 Å². The molecule has 0 spiro atoms. The summed E-state index contributed by atoms with van der Waals surface area (Å²) in [6, 6.07) is -0.971. The molecule has 3 atom stereocenters. The van der Waals surface area contributed by atoms with Gasteiger partial charge >= 0.3 is 0 Å². The van der Waals surface area contributed by atoms with Gasteiger partial charge in [0.05, 0.1) is 16.7 Å². The fourth-order valence-corrected chi connectivity index (χ4v) is 3.69. The summed E-state index contributed by atoms with van der Waals surface area (Å²) < 4.78 is 0. The van der Waals surface area contributed by atoms with E-state index in [4.69, 9.17) is 0 Å². The third-order valence-electron chi connectivity index (χ3n) is 3.81. The molecule has 1 N–H and O–H groups in total. The van der Waals surface area contributed by atoms with E-state index in [2.05, 4.69) is 10.3 Å². The van der Waals surface area contributed by atoms with E-state index in [-0.39, 0.29) is 17.9 Å². The van der Waals surface area contributed by atoms with Crippen LogP contribution in [0.2, 0.25) is 0 Å². The molecule has 2 rings (SSSR count). The molecule has 6 heteroatoms. The van der Waals surface area contributed by atoms with Gasteiger partial charge in [-0.2, -0.15) is 0 Å². The summed E-state index contributed by atoms with van der Waals surface area (Å²) in [5.74, 6) is -0.0836. The first-order valence-electron chi connectivity index (χ1n) is 6.93. The molecule has 1 fully saturated rings. The van der Waals surface area contributed by atoms with E-state index in [1.807, 2.05) is 27.7 Å². The Labute approximate surface area is 123 Å². The fourth-order valence-electron chi connectivity index (χ4n) is 2.72.